The zero-order valence-corrected chi connectivity index (χ0v) is 12.5. The van der Waals surface area contributed by atoms with Crippen LogP contribution in [0, 0.1) is 6.92 Å². The van der Waals surface area contributed by atoms with Gasteiger partial charge in [-0.3, -0.25) is 0 Å². The van der Waals surface area contributed by atoms with Crippen molar-refractivity contribution in [2.24, 2.45) is 0 Å². The summed E-state index contributed by atoms with van der Waals surface area (Å²) in [5.74, 6) is 0. The molecule has 0 saturated carbocycles. The van der Waals surface area contributed by atoms with Gasteiger partial charge < -0.3 is 5.11 Å². The van der Waals surface area contributed by atoms with E-state index in [1.54, 1.807) is 0 Å². The fourth-order valence-electron chi connectivity index (χ4n) is 2.48. The number of aliphatic hydroxyl groups excluding tert-OH is 1. The summed E-state index contributed by atoms with van der Waals surface area (Å²) in [5.41, 5.74) is 4.47. The third-order valence-electron chi connectivity index (χ3n) is 3.72. The minimum Gasteiger partial charge on any atom is -0.384 e. The van der Waals surface area contributed by atoms with Gasteiger partial charge in [-0.15, -0.1) is 0 Å². The molecule has 0 saturated heterocycles. The van der Waals surface area contributed by atoms with E-state index in [1.165, 1.54) is 30.4 Å². The summed E-state index contributed by atoms with van der Waals surface area (Å²) < 4.78 is 0. The number of hydrogen-bond acceptors (Lipinski definition) is 1. The molecule has 0 aliphatic rings. The zero-order chi connectivity index (χ0) is 14.4. The minimum atomic E-state index is -0.528. The fourth-order valence-corrected chi connectivity index (χ4v) is 2.48. The molecule has 0 spiro atoms. The highest BCUT2D eigenvalue weighted by Crippen LogP contribution is 2.23. The van der Waals surface area contributed by atoms with Gasteiger partial charge in [0, 0.05) is 0 Å². The summed E-state index contributed by atoms with van der Waals surface area (Å²) in [7, 11) is 0. The molecule has 1 N–H and O–H groups in total. The molecule has 0 amide bonds. The van der Waals surface area contributed by atoms with Gasteiger partial charge in [0.1, 0.15) is 6.10 Å². The molecule has 20 heavy (non-hydrogen) atoms. The molecule has 2 rings (SSSR count). The highest BCUT2D eigenvalue weighted by molar-refractivity contribution is 5.33. The van der Waals surface area contributed by atoms with Crippen LogP contribution >= 0.6 is 0 Å². The molecule has 0 aliphatic carbocycles. The third-order valence-corrected chi connectivity index (χ3v) is 3.72. The van der Waals surface area contributed by atoms with Gasteiger partial charge in [-0.05, 0) is 36.5 Å². The number of aryl methyl sites for hydroxylation is 2. The van der Waals surface area contributed by atoms with E-state index in [0.29, 0.717) is 0 Å². The van der Waals surface area contributed by atoms with Gasteiger partial charge in [0.2, 0.25) is 0 Å². The molecule has 0 aromatic heterocycles. The molecule has 1 heteroatoms. The van der Waals surface area contributed by atoms with Crippen LogP contribution in [-0.2, 0) is 6.42 Å². The average Bonchev–Trinajstić information content (AvgIpc) is 2.47. The van der Waals surface area contributed by atoms with Crippen LogP contribution < -0.4 is 0 Å². The topological polar surface area (TPSA) is 20.2 Å². The highest BCUT2D eigenvalue weighted by atomic mass is 16.3. The SMILES string of the molecule is CCCCCc1ccc(C(O)c2cccc(C)c2)cc1. The maximum Gasteiger partial charge on any atom is 0.104 e. The Morgan fingerprint density at radius 1 is 0.950 bits per heavy atom. The summed E-state index contributed by atoms with van der Waals surface area (Å²) in [6.07, 6.45) is 4.39. The molecule has 1 unspecified atom stereocenters. The van der Waals surface area contributed by atoms with E-state index in [1.807, 2.05) is 43.3 Å². The predicted molar refractivity (Wildman–Crippen MR) is 84.9 cm³/mol. The van der Waals surface area contributed by atoms with Gasteiger partial charge in [0.05, 0.1) is 0 Å². The second-order valence-corrected chi connectivity index (χ2v) is 5.52. The molecule has 2 aromatic carbocycles. The lowest BCUT2D eigenvalue weighted by molar-refractivity contribution is 0.220. The van der Waals surface area contributed by atoms with Gasteiger partial charge in [-0.25, -0.2) is 0 Å². The van der Waals surface area contributed by atoms with E-state index in [-0.39, 0.29) is 0 Å². The predicted octanol–water partition coefficient (Wildman–Crippen LogP) is 4.81. The molecule has 2 aromatic rings. The van der Waals surface area contributed by atoms with Gasteiger partial charge in [0.15, 0.2) is 0 Å². The molecule has 0 aliphatic heterocycles. The molecule has 0 bridgehead atoms. The van der Waals surface area contributed by atoms with Crippen molar-refractivity contribution in [3.05, 3.63) is 70.8 Å². The Hall–Kier alpha value is -1.60. The highest BCUT2D eigenvalue weighted by Gasteiger charge is 2.10. The number of benzene rings is 2. The average molecular weight is 268 g/mol. The quantitative estimate of drug-likeness (QED) is 0.745. The molecular formula is C19H24O. The van der Waals surface area contributed by atoms with Crippen molar-refractivity contribution < 1.29 is 5.11 Å². The van der Waals surface area contributed by atoms with Crippen molar-refractivity contribution >= 4 is 0 Å². The molecule has 0 heterocycles. The summed E-state index contributed by atoms with van der Waals surface area (Å²) >= 11 is 0. The molecule has 0 fully saturated rings. The summed E-state index contributed by atoms with van der Waals surface area (Å²) in [5, 5.41) is 10.4. The first-order chi connectivity index (χ1) is 9.70. The van der Waals surface area contributed by atoms with E-state index in [0.717, 1.165) is 17.5 Å². The largest absolute Gasteiger partial charge is 0.384 e. The van der Waals surface area contributed by atoms with Gasteiger partial charge in [-0.1, -0.05) is 73.9 Å². The first-order valence-corrected chi connectivity index (χ1v) is 7.54. The van der Waals surface area contributed by atoms with Crippen LogP contribution in [0.25, 0.3) is 0 Å². The maximum absolute atomic E-state index is 10.4. The molecule has 1 atom stereocenters. The number of aliphatic hydroxyl groups is 1. The number of rotatable bonds is 6. The Morgan fingerprint density at radius 3 is 2.35 bits per heavy atom. The van der Waals surface area contributed by atoms with E-state index in [9.17, 15) is 5.11 Å². The Balaban J connectivity index is 2.05. The Kier molecular flexibility index (Phi) is 5.37. The van der Waals surface area contributed by atoms with Crippen LogP contribution in [0.1, 0.15) is 54.5 Å². The van der Waals surface area contributed by atoms with Crippen LogP contribution in [0.15, 0.2) is 48.5 Å². The summed E-state index contributed by atoms with van der Waals surface area (Å²) in [4.78, 5) is 0. The van der Waals surface area contributed by atoms with Crippen molar-refractivity contribution in [3.63, 3.8) is 0 Å². The number of hydrogen-bond donors (Lipinski definition) is 1. The standard InChI is InChI=1S/C19H24O/c1-3-4-5-8-16-10-12-17(13-11-16)19(20)18-9-6-7-15(2)14-18/h6-7,9-14,19-20H,3-5,8H2,1-2H3. The van der Waals surface area contributed by atoms with Crippen molar-refractivity contribution in [1.82, 2.24) is 0 Å². The molecular weight excluding hydrogens is 244 g/mol. The van der Waals surface area contributed by atoms with Crippen LogP contribution in [-0.4, -0.2) is 5.11 Å². The van der Waals surface area contributed by atoms with Gasteiger partial charge in [0.25, 0.3) is 0 Å². The maximum atomic E-state index is 10.4. The smallest absolute Gasteiger partial charge is 0.104 e. The van der Waals surface area contributed by atoms with E-state index < -0.39 is 6.10 Å². The Labute approximate surface area is 122 Å². The summed E-state index contributed by atoms with van der Waals surface area (Å²) in [6.45, 7) is 4.27. The van der Waals surface area contributed by atoms with E-state index in [4.69, 9.17) is 0 Å². The van der Waals surface area contributed by atoms with Crippen LogP contribution in [0.3, 0.4) is 0 Å². The van der Waals surface area contributed by atoms with Gasteiger partial charge >= 0.3 is 0 Å². The minimum absolute atomic E-state index is 0.528. The van der Waals surface area contributed by atoms with E-state index in [2.05, 4.69) is 19.1 Å². The lowest BCUT2D eigenvalue weighted by Gasteiger charge is -2.13. The van der Waals surface area contributed by atoms with Crippen LogP contribution in [0.2, 0.25) is 0 Å². The monoisotopic (exact) mass is 268 g/mol. The first kappa shape index (κ1) is 14.8. The summed E-state index contributed by atoms with van der Waals surface area (Å²) in [6, 6.07) is 16.4. The van der Waals surface area contributed by atoms with Crippen LogP contribution in [0.5, 0.6) is 0 Å². The normalized spacial score (nSPS) is 12.3. The molecule has 1 nitrogen and oxygen atoms in total. The third kappa shape index (κ3) is 3.94. The molecule has 106 valence electrons. The van der Waals surface area contributed by atoms with E-state index >= 15 is 0 Å². The van der Waals surface area contributed by atoms with Crippen LogP contribution in [0.4, 0.5) is 0 Å². The van der Waals surface area contributed by atoms with Crippen molar-refractivity contribution in [1.29, 1.82) is 0 Å². The van der Waals surface area contributed by atoms with Crippen molar-refractivity contribution in [2.45, 2.75) is 45.6 Å². The second kappa shape index (κ2) is 7.25. The zero-order valence-electron chi connectivity index (χ0n) is 12.5. The van der Waals surface area contributed by atoms with Gasteiger partial charge in [-0.2, -0.15) is 0 Å². The number of unbranched alkanes of at least 4 members (excludes halogenated alkanes) is 2. The first-order valence-electron chi connectivity index (χ1n) is 7.54. The van der Waals surface area contributed by atoms with Crippen molar-refractivity contribution in [2.75, 3.05) is 0 Å². The molecule has 0 radical (unpaired) electrons. The Morgan fingerprint density at radius 2 is 1.70 bits per heavy atom. The lowest BCUT2D eigenvalue weighted by atomic mass is 9.98. The fraction of sp³-hybridized carbons (Fsp3) is 0.368. The second-order valence-electron chi connectivity index (χ2n) is 5.52. The lowest BCUT2D eigenvalue weighted by Crippen LogP contribution is -2.00. The Bertz CT molecular complexity index is 528. The van der Waals surface area contributed by atoms with Crippen molar-refractivity contribution in [3.8, 4) is 0 Å².